The molecule has 0 saturated carbocycles. The number of carbonyl (C=O) groups excluding carboxylic acids is 1. The minimum absolute atomic E-state index is 0.103. The molecule has 8 nitrogen and oxygen atoms in total. The summed E-state index contributed by atoms with van der Waals surface area (Å²) in [4.78, 5) is 12.9. The van der Waals surface area contributed by atoms with Gasteiger partial charge in [0.15, 0.2) is 0 Å². The fraction of sp³-hybridized carbons (Fsp3) is 0.632. The van der Waals surface area contributed by atoms with Crippen LogP contribution in [0.15, 0.2) is 29.2 Å². The van der Waals surface area contributed by atoms with Crippen molar-refractivity contribution in [2.24, 2.45) is 0 Å². The third-order valence-electron chi connectivity index (χ3n) is 4.71. The molecule has 0 fully saturated rings. The van der Waals surface area contributed by atoms with Gasteiger partial charge in [0.25, 0.3) is 0 Å². The van der Waals surface area contributed by atoms with Crippen LogP contribution in [0.1, 0.15) is 45.7 Å². The molecule has 1 rings (SSSR count). The van der Waals surface area contributed by atoms with E-state index >= 15 is 0 Å². The van der Waals surface area contributed by atoms with Crippen molar-refractivity contribution in [3.63, 3.8) is 0 Å². The molecule has 0 bridgehead atoms. The SMILES string of the molecule is CCN(CC)S(=O)(=O)c1ccc(C(C)NC(=O)C(CCSC)NS(=O)(=O)CC)cc1. The third kappa shape index (κ3) is 7.52. The van der Waals surface area contributed by atoms with Crippen LogP contribution < -0.4 is 10.0 Å². The number of hydrogen-bond donors (Lipinski definition) is 2. The van der Waals surface area contributed by atoms with Gasteiger partial charge in [-0.3, -0.25) is 4.79 Å². The van der Waals surface area contributed by atoms with Crippen LogP contribution in [0.2, 0.25) is 0 Å². The van der Waals surface area contributed by atoms with Crippen LogP contribution in [0.3, 0.4) is 0 Å². The molecule has 0 spiro atoms. The zero-order chi connectivity index (χ0) is 22.9. The van der Waals surface area contributed by atoms with E-state index in [4.69, 9.17) is 0 Å². The molecule has 0 aliphatic rings. The Hall–Kier alpha value is -1.14. The van der Waals surface area contributed by atoms with Crippen molar-refractivity contribution in [1.82, 2.24) is 14.3 Å². The number of carbonyl (C=O) groups is 1. The van der Waals surface area contributed by atoms with Gasteiger partial charge < -0.3 is 5.32 Å². The van der Waals surface area contributed by atoms with Gasteiger partial charge in [-0.1, -0.05) is 26.0 Å². The summed E-state index contributed by atoms with van der Waals surface area (Å²) >= 11 is 1.53. The molecular formula is C19H33N3O5S3. The van der Waals surface area contributed by atoms with E-state index < -0.39 is 38.0 Å². The van der Waals surface area contributed by atoms with Crippen LogP contribution in [-0.4, -0.2) is 63.9 Å². The fourth-order valence-corrected chi connectivity index (χ4v) is 5.57. The highest BCUT2D eigenvalue weighted by atomic mass is 32.2. The summed E-state index contributed by atoms with van der Waals surface area (Å²) < 4.78 is 52.8. The number of thioether (sulfide) groups is 1. The lowest BCUT2D eigenvalue weighted by Gasteiger charge is -2.22. The van der Waals surface area contributed by atoms with Crippen molar-refractivity contribution in [1.29, 1.82) is 0 Å². The molecule has 2 unspecified atom stereocenters. The summed E-state index contributed by atoms with van der Waals surface area (Å²) in [6, 6.07) is 5.11. The van der Waals surface area contributed by atoms with Gasteiger partial charge in [0, 0.05) is 13.1 Å². The minimum Gasteiger partial charge on any atom is -0.348 e. The molecule has 0 aliphatic heterocycles. The van der Waals surface area contributed by atoms with Crippen LogP contribution in [0.5, 0.6) is 0 Å². The highest BCUT2D eigenvalue weighted by Gasteiger charge is 2.25. The maximum atomic E-state index is 12.7. The summed E-state index contributed by atoms with van der Waals surface area (Å²) in [5.74, 6) is 0.124. The summed E-state index contributed by atoms with van der Waals surface area (Å²) in [7, 11) is -7.07. The Morgan fingerprint density at radius 1 is 1.07 bits per heavy atom. The van der Waals surface area contributed by atoms with E-state index in [2.05, 4.69) is 10.0 Å². The normalized spacial score (nSPS) is 14.5. The van der Waals surface area contributed by atoms with E-state index in [0.29, 0.717) is 25.3 Å². The first-order valence-corrected chi connectivity index (χ1v) is 14.4. The molecule has 0 aromatic heterocycles. The Morgan fingerprint density at radius 2 is 1.63 bits per heavy atom. The Labute approximate surface area is 185 Å². The van der Waals surface area contributed by atoms with E-state index in [1.807, 2.05) is 6.26 Å². The third-order valence-corrected chi connectivity index (χ3v) is 8.82. The Balaban J connectivity index is 2.94. The topological polar surface area (TPSA) is 113 Å². The molecule has 30 heavy (non-hydrogen) atoms. The van der Waals surface area contributed by atoms with Crippen LogP contribution in [-0.2, 0) is 24.8 Å². The Kier molecular flexibility index (Phi) is 10.8. The molecule has 1 aromatic rings. The molecule has 0 saturated heterocycles. The lowest BCUT2D eigenvalue weighted by molar-refractivity contribution is -0.123. The van der Waals surface area contributed by atoms with Crippen LogP contribution in [0, 0.1) is 0 Å². The molecule has 0 radical (unpaired) electrons. The average molecular weight is 480 g/mol. The van der Waals surface area contributed by atoms with E-state index in [-0.39, 0.29) is 10.6 Å². The van der Waals surface area contributed by atoms with Crippen LogP contribution >= 0.6 is 11.8 Å². The number of nitrogens with zero attached hydrogens (tertiary/aromatic N) is 1. The van der Waals surface area contributed by atoms with Crippen LogP contribution in [0.25, 0.3) is 0 Å². The molecule has 0 aliphatic carbocycles. The van der Waals surface area contributed by atoms with E-state index in [0.717, 1.165) is 5.56 Å². The van der Waals surface area contributed by atoms with Crippen molar-refractivity contribution < 1.29 is 21.6 Å². The van der Waals surface area contributed by atoms with Gasteiger partial charge in [0.1, 0.15) is 6.04 Å². The largest absolute Gasteiger partial charge is 0.348 e. The number of amides is 1. The summed E-state index contributed by atoms with van der Waals surface area (Å²) in [5.41, 5.74) is 0.726. The second-order valence-corrected chi connectivity index (χ2v) is 11.7. The standard InChI is InChI=1S/C19H33N3O5S3/c1-6-22(7-2)30(26,27)17-11-9-16(10-12-17)15(4)20-19(23)18(13-14-28-5)21-29(24,25)8-3/h9-12,15,18,21H,6-8,13-14H2,1-5H3,(H,20,23). The van der Waals surface area contributed by atoms with Gasteiger partial charge in [0.05, 0.1) is 16.7 Å². The predicted octanol–water partition coefficient (Wildman–Crippen LogP) is 1.96. The van der Waals surface area contributed by atoms with E-state index in [1.54, 1.807) is 32.9 Å². The summed E-state index contributed by atoms with van der Waals surface area (Å²) in [6.45, 7) is 7.63. The van der Waals surface area contributed by atoms with Crippen molar-refractivity contribution in [2.45, 2.75) is 51.1 Å². The lowest BCUT2D eigenvalue weighted by Crippen LogP contribution is -2.48. The monoisotopic (exact) mass is 479 g/mol. The van der Waals surface area contributed by atoms with Crippen molar-refractivity contribution >= 4 is 37.7 Å². The van der Waals surface area contributed by atoms with Gasteiger partial charge in [-0.15, -0.1) is 0 Å². The first-order valence-electron chi connectivity index (χ1n) is 9.91. The first kappa shape index (κ1) is 26.9. The minimum atomic E-state index is -3.55. The predicted molar refractivity (Wildman–Crippen MR) is 122 cm³/mol. The molecule has 172 valence electrons. The first-order chi connectivity index (χ1) is 14.0. The molecule has 0 heterocycles. The zero-order valence-corrected chi connectivity index (χ0v) is 20.7. The quantitative estimate of drug-likeness (QED) is 0.447. The average Bonchev–Trinajstić information content (AvgIpc) is 2.71. The Bertz CT molecular complexity index is 882. The maximum absolute atomic E-state index is 12.7. The fourth-order valence-electron chi connectivity index (χ4n) is 2.82. The number of nitrogens with one attached hydrogen (secondary N) is 2. The molecule has 1 amide bonds. The molecule has 11 heteroatoms. The summed E-state index contributed by atoms with van der Waals surface area (Å²) in [6.07, 6.45) is 2.26. The number of benzene rings is 1. The van der Waals surface area contributed by atoms with Gasteiger partial charge in [-0.05, 0) is 50.0 Å². The number of sulfonamides is 2. The molecular weight excluding hydrogens is 446 g/mol. The molecule has 2 N–H and O–H groups in total. The molecule has 1 aromatic carbocycles. The van der Waals surface area contributed by atoms with Gasteiger partial charge in [0.2, 0.25) is 26.0 Å². The lowest BCUT2D eigenvalue weighted by atomic mass is 10.1. The van der Waals surface area contributed by atoms with Crippen molar-refractivity contribution in [3.8, 4) is 0 Å². The van der Waals surface area contributed by atoms with Crippen molar-refractivity contribution in [2.75, 3.05) is 30.9 Å². The Morgan fingerprint density at radius 3 is 2.10 bits per heavy atom. The highest BCUT2D eigenvalue weighted by Crippen LogP contribution is 2.19. The molecule has 2 atom stereocenters. The maximum Gasteiger partial charge on any atom is 0.243 e. The van der Waals surface area contributed by atoms with Gasteiger partial charge >= 0.3 is 0 Å². The van der Waals surface area contributed by atoms with Crippen LogP contribution in [0.4, 0.5) is 0 Å². The smallest absolute Gasteiger partial charge is 0.243 e. The highest BCUT2D eigenvalue weighted by molar-refractivity contribution is 7.98. The van der Waals surface area contributed by atoms with Crippen molar-refractivity contribution in [3.05, 3.63) is 29.8 Å². The number of hydrogen-bond acceptors (Lipinski definition) is 6. The second-order valence-electron chi connectivity index (χ2n) is 6.74. The summed E-state index contributed by atoms with van der Waals surface area (Å²) in [5, 5.41) is 2.82. The van der Waals surface area contributed by atoms with E-state index in [1.165, 1.54) is 35.1 Å². The zero-order valence-electron chi connectivity index (χ0n) is 18.2. The van der Waals surface area contributed by atoms with Gasteiger partial charge in [-0.2, -0.15) is 16.1 Å². The number of rotatable bonds is 13. The van der Waals surface area contributed by atoms with E-state index in [9.17, 15) is 21.6 Å². The second kappa shape index (κ2) is 12.0. The van der Waals surface area contributed by atoms with Gasteiger partial charge in [-0.25, -0.2) is 21.6 Å².